The highest BCUT2D eigenvalue weighted by atomic mass is 16.5. The van der Waals surface area contributed by atoms with Crippen molar-refractivity contribution in [3.63, 3.8) is 0 Å². The highest BCUT2D eigenvalue weighted by Gasteiger charge is 2.10. The van der Waals surface area contributed by atoms with Gasteiger partial charge in [0.1, 0.15) is 0 Å². The van der Waals surface area contributed by atoms with Crippen molar-refractivity contribution in [3.05, 3.63) is 35.4 Å². The molecule has 6 nitrogen and oxygen atoms in total. The molecular weight excluding hydrogens is 368 g/mol. The molecule has 0 aliphatic rings. The maximum absolute atomic E-state index is 12.1. The molecule has 0 heterocycles. The third kappa shape index (κ3) is 11.9. The van der Waals surface area contributed by atoms with Crippen molar-refractivity contribution in [1.82, 2.24) is 10.6 Å². The fourth-order valence-electron chi connectivity index (χ4n) is 2.16. The van der Waals surface area contributed by atoms with Gasteiger partial charge in [0.15, 0.2) is 0 Å². The van der Waals surface area contributed by atoms with Crippen molar-refractivity contribution in [2.75, 3.05) is 32.9 Å². The first-order chi connectivity index (χ1) is 13.5. The van der Waals surface area contributed by atoms with E-state index in [2.05, 4.69) is 22.5 Å². The van der Waals surface area contributed by atoms with Gasteiger partial charge in [0.25, 0.3) is 11.8 Å². The summed E-state index contributed by atoms with van der Waals surface area (Å²) in [4.78, 5) is 24.2. The minimum atomic E-state index is -0.217. The first kappa shape index (κ1) is 24.7. The van der Waals surface area contributed by atoms with Crippen molar-refractivity contribution in [2.24, 2.45) is 5.41 Å². The van der Waals surface area contributed by atoms with Crippen LogP contribution in [0.1, 0.15) is 62.3 Å². The summed E-state index contributed by atoms with van der Waals surface area (Å²) in [6.45, 7) is 14.1. The second-order valence-corrected chi connectivity index (χ2v) is 8.64. The van der Waals surface area contributed by atoms with Crippen molar-refractivity contribution < 1.29 is 19.1 Å². The zero-order valence-corrected chi connectivity index (χ0v) is 18.5. The van der Waals surface area contributed by atoms with E-state index >= 15 is 0 Å². The average Bonchev–Trinajstić information content (AvgIpc) is 2.62. The van der Waals surface area contributed by atoms with E-state index in [1.54, 1.807) is 24.3 Å². The summed E-state index contributed by atoms with van der Waals surface area (Å²) in [7, 11) is 0. The summed E-state index contributed by atoms with van der Waals surface area (Å²) in [5, 5.41) is 5.54. The molecule has 0 saturated carbocycles. The lowest BCUT2D eigenvalue weighted by atomic mass is 9.98. The Morgan fingerprint density at radius 3 is 1.93 bits per heavy atom. The van der Waals surface area contributed by atoms with Gasteiger partial charge in [0, 0.05) is 23.1 Å². The summed E-state index contributed by atoms with van der Waals surface area (Å²) in [6, 6.07) is 6.51. The minimum Gasteiger partial charge on any atom is -0.377 e. The summed E-state index contributed by atoms with van der Waals surface area (Å²) >= 11 is 0. The molecule has 1 rings (SSSR count). The number of rotatable bonds is 9. The van der Waals surface area contributed by atoms with Gasteiger partial charge in [-0.15, -0.1) is 0 Å². The maximum atomic E-state index is 12.1. The van der Waals surface area contributed by atoms with Gasteiger partial charge in [-0.25, -0.2) is 0 Å². The van der Waals surface area contributed by atoms with Gasteiger partial charge in [0.05, 0.1) is 32.0 Å². The van der Waals surface area contributed by atoms with Crippen LogP contribution in [0.25, 0.3) is 0 Å². The highest BCUT2D eigenvalue weighted by Crippen LogP contribution is 2.09. The quantitative estimate of drug-likeness (QED) is 0.492. The van der Waals surface area contributed by atoms with E-state index < -0.39 is 0 Å². The van der Waals surface area contributed by atoms with E-state index in [1.807, 2.05) is 41.5 Å². The first-order valence-corrected chi connectivity index (χ1v) is 9.86. The number of benzene rings is 1. The zero-order valence-electron chi connectivity index (χ0n) is 18.5. The fraction of sp³-hybridized carbons (Fsp3) is 0.565. The van der Waals surface area contributed by atoms with Crippen LogP contribution in [-0.4, -0.2) is 50.3 Å². The predicted octanol–water partition coefficient (Wildman–Crippen LogP) is 3.03. The number of carbonyl (C=O) groups excluding carboxylic acids is 2. The summed E-state index contributed by atoms with van der Waals surface area (Å²) in [6.07, 6.45) is 0. The van der Waals surface area contributed by atoms with Crippen LogP contribution in [0.2, 0.25) is 0 Å². The SMILES string of the molecule is CC(C)(C)C#CCNC(=O)c1ccc(C(=O)NCCOCCOC(C)(C)C)cc1. The van der Waals surface area contributed by atoms with Gasteiger partial charge in [-0.1, -0.05) is 11.8 Å². The van der Waals surface area contributed by atoms with E-state index in [1.165, 1.54) is 0 Å². The molecule has 0 spiro atoms. The molecule has 2 amide bonds. The Hall–Kier alpha value is -2.36. The molecule has 0 bridgehead atoms. The molecule has 0 saturated heterocycles. The third-order valence-electron chi connectivity index (χ3n) is 3.50. The van der Waals surface area contributed by atoms with Gasteiger partial charge in [-0.05, 0) is 65.8 Å². The number of hydrogen-bond donors (Lipinski definition) is 2. The monoisotopic (exact) mass is 402 g/mol. The second-order valence-electron chi connectivity index (χ2n) is 8.64. The molecule has 0 aromatic heterocycles. The molecule has 0 unspecified atom stereocenters. The maximum Gasteiger partial charge on any atom is 0.252 e. The molecule has 0 aliphatic heterocycles. The van der Waals surface area contributed by atoms with E-state index in [0.717, 1.165) is 0 Å². The number of amides is 2. The number of hydrogen-bond acceptors (Lipinski definition) is 4. The van der Waals surface area contributed by atoms with Crippen LogP contribution in [0, 0.1) is 17.3 Å². The van der Waals surface area contributed by atoms with E-state index in [9.17, 15) is 9.59 Å². The predicted molar refractivity (Wildman–Crippen MR) is 115 cm³/mol. The Morgan fingerprint density at radius 1 is 0.862 bits per heavy atom. The smallest absolute Gasteiger partial charge is 0.252 e. The molecule has 6 heteroatoms. The Kier molecular flexibility index (Phi) is 9.87. The van der Waals surface area contributed by atoms with Crippen LogP contribution in [0.5, 0.6) is 0 Å². The standard InChI is InChI=1S/C23H34N2O4/c1-22(2,3)12-7-13-24-20(26)18-8-10-19(11-9-18)21(27)25-14-15-28-16-17-29-23(4,5)6/h8-11H,13-17H2,1-6H3,(H,24,26)(H,25,27). The van der Waals surface area contributed by atoms with Crippen LogP contribution < -0.4 is 10.6 Å². The minimum absolute atomic E-state index is 0.0923. The molecule has 29 heavy (non-hydrogen) atoms. The largest absolute Gasteiger partial charge is 0.377 e. The second kappa shape index (κ2) is 11.6. The van der Waals surface area contributed by atoms with Crippen molar-refractivity contribution in [2.45, 2.75) is 47.1 Å². The molecule has 0 fully saturated rings. The first-order valence-electron chi connectivity index (χ1n) is 9.86. The molecule has 0 radical (unpaired) electrons. The van der Waals surface area contributed by atoms with Gasteiger partial charge < -0.3 is 20.1 Å². The summed E-state index contributed by atoms with van der Waals surface area (Å²) < 4.78 is 11.0. The van der Waals surface area contributed by atoms with Gasteiger partial charge in [-0.2, -0.15) is 0 Å². The van der Waals surface area contributed by atoms with E-state index in [4.69, 9.17) is 9.47 Å². The molecular formula is C23H34N2O4. The fourth-order valence-corrected chi connectivity index (χ4v) is 2.16. The zero-order chi connectivity index (χ0) is 21.9. The summed E-state index contributed by atoms with van der Waals surface area (Å²) in [5.41, 5.74) is 0.706. The summed E-state index contributed by atoms with van der Waals surface area (Å²) in [5.74, 6) is 5.58. The van der Waals surface area contributed by atoms with Crippen LogP contribution in [-0.2, 0) is 9.47 Å². The molecule has 2 N–H and O–H groups in total. The molecule has 0 aliphatic carbocycles. The molecule has 160 valence electrons. The van der Waals surface area contributed by atoms with Gasteiger partial charge >= 0.3 is 0 Å². The lowest BCUT2D eigenvalue weighted by Gasteiger charge is -2.19. The Morgan fingerprint density at radius 2 is 1.41 bits per heavy atom. The number of nitrogens with one attached hydrogen (secondary N) is 2. The van der Waals surface area contributed by atoms with Crippen molar-refractivity contribution >= 4 is 11.8 Å². The van der Waals surface area contributed by atoms with Crippen LogP contribution >= 0.6 is 0 Å². The molecule has 0 atom stereocenters. The van der Waals surface area contributed by atoms with Crippen LogP contribution in [0.15, 0.2) is 24.3 Å². The van der Waals surface area contributed by atoms with Gasteiger partial charge in [-0.3, -0.25) is 9.59 Å². The van der Waals surface area contributed by atoms with Crippen LogP contribution in [0.3, 0.4) is 0 Å². The molecule has 1 aromatic rings. The lowest BCUT2D eigenvalue weighted by molar-refractivity contribution is -0.0341. The third-order valence-corrected chi connectivity index (χ3v) is 3.50. The highest BCUT2D eigenvalue weighted by molar-refractivity contribution is 5.97. The Balaban J connectivity index is 2.32. The van der Waals surface area contributed by atoms with E-state index in [0.29, 0.717) is 44.0 Å². The Bertz CT molecular complexity index is 716. The topological polar surface area (TPSA) is 76.7 Å². The van der Waals surface area contributed by atoms with Crippen molar-refractivity contribution in [1.29, 1.82) is 0 Å². The molecule has 1 aromatic carbocycles. The van der Waals surface area contributed by atoms with Crippen molar-refractivity contribution in [3.8, 4) is 11.8 Å². The Labute approximate surface area is 174 Å². The van der Waals surface area contributed by atoms with Gasteiger partial charge in [0.2, 0.25) is 0 Å². The van der Waals surface area contributed by atoms with E-state index in [-0.39, 0.29) is 22.8 Å². The normalized spacial score (nSPS) is 11.4. The number of carbonyl (C=O) groups is 2. The number of ether oxygens (including phenoxy) is 2. The lowest BCUT2D eigenvalue weighted by Crippen LogP contribution is -2.28. The average molecular weight is 403 g/mol. The van der Waals surface area contributed by atoms with Crippen LogP contribution in [0.4, 0.5) is 0 Å².